The lowest BCUT2D eigenvalue weighted by Crippen LogP contribution is -2.51. The number of hydrogen-bond acceptors (Lipinski definition) is 6. The van der Waals surface area contributed by atoms with E-state index in [1.165, 1.54) is 12.8 Å². The van der Waals surface area contributed by atoms with Crippen LogP contribution in [-0.4, -0.2) is 87.1 Å². The van der Waals surface area contributed by atoms with Crippen molar-refractivity contribution in [3.8, 4) is 11.5 Å². The summed E-state index contributed by atoms with van der Waals surface area (Å²) in [5.41, 5.74) is 1.89. The van der Waals surface area contributed by atoms with E-state index in [1.54, 1.807) is 12.5 Å². The molecule has 0 N–H and O–H groups in total. The summed E-state index contributed by atoms with van der Waals surface area (Å²) in [6.07, 6.45) is 7.96. The lowest BCUT2D eigenvalue weighted by atomic mass is 10.1. The molecule has 2 aliphatic rings. The van der Waals surface area contributed by atoms with E-state index in [0.717, 1.165) is 31.3 Å². The van der Waals surface area contributed by atoms with Gasteiger partial charge in [0.25, 0.3) is 5.91 Å². The van der Waals surface area contributed by atoms with Gasteiger partial charge < -0.3 is 14.2 Å². The number of aromatic nitrogens is 3. The van der Waals surface area contributed by atoms with Crippen LogP contribution in [0.5, 0.6) is 0 Å². The average Bonchev–Trinajstić information content (AvgIpc) is 3.47. The molecule has 2 aliphatic heterocycles. The Morgan fingerprint density at radius 1 is 1.00 bits per heavy atom. The van der Waals surface area contributed by atoms with E-state index in [9.17, 15) is 9.59 Å². The SMILES string of the molecule is CC(C)n1ncc2c(C(=O)N3CCN(CC(=O)N4CCCCCC4)CC3)cc(-c3ccco3)nc21. The summed E-state index contributed by atoms with van der Waals surface area (Å²) in [7, 11) is 0. The molecule has 0 unspecified atom stereocenters. The molecule has 186 valence electrons. The van der Waals surface area contributed by atoms with Crippen molar-refractivity contribution in [2.75, 3.05) is 45.8 Å². The zero-order valence-corrected chi connectivity index (χ0v) is 20.7. The van der Waals surface area contributed by atoms with Crippen LogP contribution in [0, 0.1) is 0 Å². The van der Waals surface area contributed by atoms with Gasteiger partial charge in [-0.2, -0.15) is 5.10 Å². The van der Waals surface area contributed by atoms with Crippen LogP contribution in [0.2, 0.25) is 0 Å². The summed E-state index contributed by atoms with van der Waals surface area (Å²) in [5, 5.41) is 5.25. The molecule has 0 spiro atoms. The van der Waals surface area contributed by atoms with Crippen molar-refractivity contribution in [3.05, 3.63) is 36.2 Å². The number of fused-ring (bicyclic) bond motifs is 1. The van der Waals surface area contributed by atoms with Gasteiger partial charge in [-0.1, -0.05) is 12.8 Å². The topological polar surface area (TPSA) is 87.7 Å². The zero-order valence-electron chi connectivity index (χ0n) is 20.7. The fourth-order valence-electron chi connectivity index (χ4n) is 5.01. The van der Waals surface area contributed by atoms with Gasteiger partial charge in [0.2, 0.25) is 5.91 Å². The number of likely N-dealkylation sites (tertiary alicyclic amines) is 1. The first-order chi connectivity index (χ1) is 17.0. The number of nitrogens with zero attached hydrogens (tertiary/aromatic N) is 6. The second-order valence-electron chi connectivity index (χ2n) is 9.82. The summed E-state index contributed by atoms with van der Waals surface area (Å²) in [4.78, 5) is 37.3. The number of carbonyl (C=O) groups is 2. The highest BCUT2D eigenvalue weighted by Crippen LogP contribution is 2.28. The van der Waals surface area contributed by atoms with E-state index in [1.807, 2.05) is 46.5 Å². The Hall–Kier alpha value is -3.20. The van der Waals surface area contributed by atoms with Gasteiger partial charge in [-0.3, -0.25) is 14.5 Å². The summed E-state index contributed by atoms with van der Waals surface area (Å²) in [6, 6.07) is 5.58. The Morgan fingerprint density at radius 3 is 2.40 bits per heavy atom. The highest BCUT2D eigenvalue weighted by atomic mass is 16.3. The van der Waals surface area contributed by atoms with Gasteiger partial charge in [0.15, 0.2) is 11.4 Å². The number of rotatable bonds is 5. The molecule has 0 aliphatic carbocycles. The molecule has 9 heteroatoms. The molecule has 2 saturated heterocycles. The normalized spacial score (nSPS) is 17.8. The Kier molecular flexibility index (Phi) is 6.86. The second-order valence-corrected chi connectivity index (χ2v) is 9.82. The van der Waals surface area contributed by atoms with Gasteiger partial charge >= 0.3 is 0 Å². The van der Waals surface area contributed by atoms with Gasteiger partial charge in [0.1, 0.15) is 5.69 Å². The highest BCUT2D eigenvalue weighted by molar-refractivity contribution is 6.06. The van der Waals surface area contributed by atoms with Crippen molar-refractivity contribution in [2.24, 2.45) is 0 Å². The molecule has 0 saturated carbocycles. The number of carbonyl (C=O) groups excluding carboxylic acids is 2. The molecule has 3 aromatic heterocycles. The number of amides is 2. The minimum Gasteiger partial charge on any atom is -0.463 e. The van der Waals surface area contributed by atoms with Crippen LogP contribution in [0.15, 0.2) is 35.1 Å². The standard InChI is InChI=1S/C26H34N6O3/c1-19(2)32-25-21(17-27-32)20(16-22(28-25)23-8-7-15-35-23)26(34)31-13-11-29(12-14-31)18-24(33)30-9-5-3-4-6-10-30/h7-8,15-17,19H,3-6,9-14,18H2,1-2H3. The highest BCUT2D eigenvalue weighted by Gasteiger charge is 2.28. The molecule has 5 rings (SSSR count). The molecule has 35 heavy (non-hydrogen) atoms. The van der Waals surface area contributed by atoms with Gasteiger partial charge in [-0.25, -0.2) is 9.67 Å². The van der Waals surface area contributed by atoms with E-state index < -0.39 is 0 Å². The van der Waals surface area contributed by atoms with Crippen LogP contribution in [0.4, 0.5) is 0 Å². The number of piperazine rings is 1. The van der Waals surface area contributed by atoms with Crippen molar-refractivity contribution in [3.63, 3.8) is 0 Å². The molecule has 0 radical (unpaired) electrons. The first-order valence-corrected chi connectivity index (χ1v) is 12.7. The molecule has 9 nitrogen and oxygen atoms in total. The van der Waals surface area contributed by atoms with Crippen LogP contribution < -0.4 is 0 Å². The fraction of sp³-hybridized carbons (Fsp3) is 0.538. The Morgan fingerprint density at radius 2 is 1.74 bits per heavy atom. The predicted molar refractivity (Wildman–Crippen MR) is 133 cm³/mol. The van der Waals surface area contributed by atoms with Gasteiger partial charge in [0.05, 0.1) is 30.0 Å². The van der Waals surface area contributed by atoms with Crippen molar-refractivity contribution in [2.45, 2.75) is 45.6 Å². The van der Waals surface area contributed by atoms with E-state index in [0.29, 0.717) is 55.4 Å². The third-order valence-corrected chi connectivity index (χ3v) is 7.04. The van der Waals surface area contributed by atoms with E-state index >= 15 is 0 Å². The van der Waals surface area contributed by atoms with Crippen LogP contribution >= 0.6 is 0 Å². The van der Waals surface area contributed by atoms with Gasteiger partial charge in [0, 0.05) is 45.3 Å². The monoisotopic (exact) mass is 478 g/mol. The maximum atomic E-state index is 13.7. The van der Waals surface area contributed by atoms with Crippen LogP contribution in [0.25, 0.3) is 22.5 Å². The lowest BCUT2D eigenvalue weighted by molar-refractivity contribution is -0.132. The van der Waals surface area contributed by atoms with E-state index in [4.69, 9.17) is 9.40 Å². The Labute approximate surface area is 205 Å². The second kappa shape index (κ2) is 10.2. The molecular weight excluding hydrogens is 444 g/mol. The summed E-state index contributed by atoms with van der Waals surface area (Å²) in [6.45, 7) is 8.82. The molecule has 3 aromatic rings. The zero-order chi connectivity index (χ0) is 24.4. The molecule has 5 heterocycles. The number of furan rings is 1. The molecule has 2 fully saturated rings. The number of pyridine rings is 1. The van der Waals surface area contributed by atoms with Gasteiger partial charge in [-0.15, -0.1) is 0 Å². The predicted octanol–water partition coefficient (Wildman–Crippen LogP) is 3.43. The maximum absolute atomic E-state index is 13.7. The number of hydrogen-bond donors (Lipinski definition) is 0. The Bertz CT molecular complexity index is 1170. The molecular formula is C26H34N6O3. The van der Waals surface area contributed by atoms with Gasteiger partial charge in [-0.05, 0) is 44.9 Å². The van der Waals surface area contributed by atoms with E-state index in [2.05, 4.69) is 10.00 Å². The summed E-state index contributed by atoms with van der Waals surface area (Å²) in [5.74, 6) is 0.799. The fourth-order valence-corrected chi connectivity index (χ4v) is 5.01. The summed E-state index contributed by atoms with van der Waals surface area (Å²) < 4.78 is 7.41. The molecule has 0 atom stereocenters. The molecule has 2 amide bonds. The van der Waals surface area contributed by atoms with Crippen molar-refractivity contribution < 1.29 is 14.0 Å². The maximum Gasteiger partial charge on any atom is 0.254 e. The Balaban J connectivity index is 1.31. The van der Waals surface area contributed by atoms with Crippen LogP contribution in [0.1, 0.15) is 55.9 Å². The largest absolute Gasteiger partial charge is 0.463 e. The third-order valence-electron chi connectivity index (χ3n) is 7.04. The molecule has 0 bridgehead atoms. The lowest BCUT2D eigenvalue weighted by Gasteiger charge is -2.35. The van der Waals surface area contributed by atoms with Crippen molar-refractivity contribution in [1.29, 1.82) is 0 Å². The quantitative estimate of drug-likeness (QED) is 0.558. The minimum atomic E-state index is -0.0352. The van der Waals surface area contributed by atoms with Crippen molar-refractivity contribution >= 4 is 22.8 Å². The first-order valence-electron chi connectivity index (χ1n) is 12.7. The minimum absolute atomic E-state index is 0.0352. The third kappa shape index (κ3) is 4.96. The van der Waals surface area contributed by atoms with Crippen LogP contribution in [-0.2, 0) is 4.79 Å². The smallest absolute Gasteiger partial charge is 0.254 e. The average molecular weight is 479 g/mol. The summed E-state index contributed by atoms with van der Waals surface area (Å²) >= 11 is 0. The molecule has 0 aromatic carbocycles. The van der Waals surface area contributed by atoms with Crippen LogP contribution in [0.3, 0.4) is 0 Å². The first kappa shape index (κ1) is 23.5. The van der Waals surface area contributed by atoms with Crippen molar-refractivity contribution in [1.82, 2.24) is 29.5 Å². The van der Waals surface area contributed by atoms with E-state index in [-0.39, 0.29) is 17.9 Å².